The molecule has 146 valence electrons. The van der Waals surface area contributed by atoms with Gasteiger partial charge < -0.3 is 14.7 Å². The summed E-state index contributed by atoms with van der Waals surface area (Å²) in [6.07, 6.45) is 4.45. The van der Waals surface area contributed by atoms with Crippen LogP contribution < -0.4 is 0 Å². The number of aliphatic carboxylic acids is 1. The number of ether oxygens (including phenoxy) is 1. The van der Waals surface area contributed by atoms with Gasteiger partial charge in [-0.05, 0) is 5.39 Å². The molecule has 29 heavy (non-hydrogen) atoms. The van der Waals surface area contributed by atoms with E-state index >= 15 is 0 Å². The molecular weight excluding hydrogens is 372 g/mol. The van der Waals surface area contributed by atoms with Crippen LogP contribution in [0.1, 0.15) is 23.6 Å². The molecule has 0 saturated carbocycles. The molecule has 0 saturated heterocycles. The van der Waals surface area contributed by atoms with E-state index in [1.165, 1.54) is 14.0 Å². The van der Waals surface area contributed by atoms with Gasteiger partial charge >= 0.3 is 11.9 Å². The lowest BCUT2D eigenvalue weighted by Gasteiger charge is -2.14. The number of hydrogen-bond donors (Lipinski definition) is 1. The van der Waals surface area contributed by atoms with Crippen molar-refractivity contribution in [2.75, 3.05) is 7.11 Å². The summed E-state index contributed by atoms with van der Waals surface area (Å²) < 4.78 is 4.95. The second-order valence-electron chi connectivity index (χ2n) is 6.05. The van der Waals surface area contributed by atoms with E-state index < -0.39 is 11.9 Å². The molecule has 0 unspecified atom stereocenters. The van der Waals surface area contributed by atoms with Gasteiger partial charge in [-0.1, -0.05) is 53.7 Å². The Morgan fingerprint density at radius 2 is 1.69 bits per heavy atom. The fourth-order valence-corrected chi connectivity index (χ4v) is 2.93. The van der Waals surface area contributed by atoms with Crippen molar-refractivity contribution in [1.82, 2.24) is 4.98 Å². The number of carboxylic acid groups (broad SMARTS) is 1. The van der Waals surface area contributed by atoms with Gasteiger partial charge in [0.2, 0.25) is 0 Å². The number of oxime groups is 1. The van der Waals surface area contributed by atoms with Crippen LogP contribution in [0.15, 0.2) is 72.3 Å². The van der Waals surface area contributed by atoms with Crippen LogP contribution in [0, 0.1) is 0 Å². The Balaban J connectivity index is 2.31. The third kappa shape index (κ3) is 4.30. The zero-order valence-electron chi connectivity index (χ0n) is 15.8. The van der Waals surface area contributed by atoms with Crippen molar-refractivity contribution in [3.8, 4) is 0 Å². The molecule has 0 aliphatic carbocycles. The summed E-state index contributed by atoms with van der Waals surface area (Å²) in [5, 5.41) is 15.4. The minimum Gasteiger partial charge on any atom is -0.503 e. The summed E-state index contributed by atoms with van der Waals surface area (Å²) in [7, 11) is 1.37. The van der Waals surface area contributed by atoms with Gasteiger partial charge in [0.1, 0.15) is 11.3 Å². The summed E-state index contributed by atoms with van der Waals surface area (Å²) in [6, 6.07) is 14.3. The number of methoxy groups -OCH3 is 1. The lowest BCUT2D eigenvalue weighted by molar-refractivity contribution is -0.141. The number of nitrogens with zero attached hydrogens (tertiary/aromatic N) is 2. The van der Waals surface area contributed by atoms with Crippen molar-refractivity contribution in [1.29, 1.82) is 0 Å². The predicted molar refractivity (Wildman–Crippen MR) is 108 cm³/mol. The highest BCUT2D eigenvalue weighted by Gasteiger charge is 2.21. The fraction of sp³-hybridized carbons (Fsp3) is 0.0909. The minimum absolute atomic E-state index is 0.0631. The third-order valence-electron chi connectivity index (χ3n) is 4.13. The molecule has 1 heterocycles. The first-order valence-corrected chi connectivity index (χ1v) is 8.67. The van der Waals surface area contributed by atoms with Crippen LogP contribution in [0.2, 0.25) is 0 Å². The summed E-state index contributed by atoms with van der Waals surface area (Å²) in [5.74, 6) is -1.76. The molecule has 1 N–H and O–H groups in total. The normalized spacial score (nSPS) is 11.9. The molecule has 0 spiro atoms. The Labute approximate surface area is 166 Å². The Hall–Kier alpha value is -4.00. The van der Waals surface area contributed by atoms with E-state index in [2.05, 4.69) is 10.1 Å². The van der Waals surface area contributed by atoms with E-state index in [4.69, 9.17) is 9.57 Å². The zero-order valence-corrected chi connectivity index (χ0v) is 15.8. The first-order valence-electron chi connectivity index (χ1n) is 8.67. The third-order valence-corrected chi connectivity index (χ3v) is 4.13. The molecule has 0 fully saturated rings. The van der Waals surface area contributed by atoms with Crippen molar-refractivity contribution in [3.63, 3.8) is 0 Å². The summed E-state index contributed by atoms with van der Waals surface area (Å²) in [4.78, 5) is 32.4. The molecule has 0 aliphatic heterocycles. The molecule has 7 heteroatoms. The molecular formula is C22H18N2O5. The number of fused-ring (bicyclic) bond motifs is 1. The summed E-state index contributed by atoms with van der Waals surface area (Å²) in [6.45, 7) is 1.24. The van der Waals surface area contributed by atoms with Gasteiger partial charge in [-0.15, -0.1) is 0 Å². The average molecular weight is 390 g/mol. The molecule has 2 aromatic carbocycles. The molecule has 1 aromatic heterocycles. The van der Waals surface area contributed by atoms with Crippen LogP contribution in [-0.4, -0.2) is 34.9 Å². The Morgan fingerprint density at radius 3 is 2.38 bits per heavy atom. The minimum atomic E-state index is -1.16. The second-order valence-corrected chi connectivity index (χ2v) is 6.05. The SMILES string of the molecule is COC=C(C(=O)O)c1ccccc1C(=NOC(C)=O)c1cncc2ccccc12. The van der Waals surface area contributed by atoms with E-state index in [-0.39, 0.29) is 11.3 Å². The molecule has 3 rings (SSSR count). The van der Waals surface area contributed by atoms with E-state index in [9.17, 15) is 14.7 Å². The monoisotopic (exact) mass is 390 g/mol. The van der Waals surface area contributed by atoms with Crippen molar-refractivity contribution in [2.24, 2.45) is 5.16 Å². The maximum atomic E-state index is 11.8. The number of carbonyl (C=O) groups excluding carboxylic acids is 1. The van der Waals surface area contributed by atoms with Crippen LogP contribution >= 0.6 is 0 Å². The van der Waals surface area contributed by atoms with Gasteiger partial charge in [0.25, 0.3) is 0 Å². The first kappa shape index (κ1) is 19.8. The smallest absolute Gasteiger partial charge is 0.339 e. The fourth-order valence-electron chi connectivity index (χ4n) is 2.93. The highest BCUT2D eigenvalue weighted by molar-refractivity contribution is 6.24. The number of carboxylic acids is 1. The van der Waals surface area contributed by atoms with E-state index in [0.29, 0.717) is 16.7 Å². The molecule has 0 bridgehead atoms. The van der Waals surface area contributed by atoms with Crippen LogP contribution in [0.3, 0.4) is 0 Å². The van der Waals surface area contributed by atoms with Crippen molar-refractivity contribution >= 4 is 34.0 Å². The molecule has 3 aromatic rings. The van der Waals surface area contributed by atoms with Crippen LogP contribution in [0.4, 0.5) is 0 Å². The Morgan fingerprint density at radius 1 is 1.00 bits per heavy atom. The Bertz CT molecular complexity index is 1130. The quantitative estimate of drug-likeness (QED) is 0.227. The van der Waals surface area contributed by atoms with E-state index in [0.717, 1.165) is 17.0 Å². The zero-order chi connectivity index (χ0) is 20.8. The lowest BCUT2D eigenvalue weighted by Crippen LogP contribution is -2.12. The summed E-state index contributed by atoms with van der Waals surface area (Å²) in [5.41, 5.74) is 1.63. The van der Waals surface area contributed by atoms with Crippen molar-refractivity contribution in [2.45, 2.75) is 6.92 Å². The predicted octanol–water partition coefficient (Wildman–Crippen LogP) is 3.62. The molecule has 0 aliphatic rings. The molecule has 0 radical (unpaired) electrons. The number of carbonyl (C=O) groups is 2. The van der Waals surface area contributed by atoms with Crippen LogP contribution in [0.5, 0.6) is 0 Å². The van der Waals surface area contributed by atoms with E-state index in [1.807, 2.05) is 24.3 Å². The summed E-state index contributed by atoms with van der Waals surface area (Å²) >= 11 is 0. The van der Waals surface area contributed by atoms with Gasteiger partial charge in [-0.3, -0.25) is 4.98 Å². The molecule has 0 amide bonds. The Kier molecular flexibility index (Phi) is 5.99. The van der Waals surface area contributed by atoms with Crippen LogP contribution in [0.25, 0.3) is 16.3 Å². The molecule has 7 nitrogen and oxygen atoms in total. The number of benzene rings is 2. The van der Waals surface area contributed by atoms with E-state index in [1.54, 1.807) is 36.7 Å². The maximum absolute atomic E-state index is 11.8. The average Bonchev–Trinajstić information content (AvgIpc) is 2.72. The highest BCUT2D eigenvalue weighted by atomic mass is 16.7. The standard InChI is InChI=1S/C22H18N2O5/c1-14(25)29-24-21(19-12-23-11-15-7-3-4-8-16(15)19)18-10-6-5-9-17(18)20(13-28-2)22(26)27/h3-13H,1-2H3,(H,26,27). The van der Waals surface area contributed by atoms with Gasteiger partial charge in [0, 0.05) is 41.4 Å². The largest absolute Gasteiger partial charge is 0.503 e. The van der Waals surface area contributed by atoms with Gasteiger partial charge in [-0.25, -0.2) is 9.59 Å². The van der Waals surface area contributed by atoms with Crippen molar-refractivity contribution in [3.05, 3.63) is 83.9 Å². The first-order chi connectivity index (χ1) is 14.0. The van der Waals surface area contributed by atoms with Crippen molar-refractivity contribution < 1.29 is 24.3 Å². The van der Waals surface area contributed by atoms with Crippen LogP contribution in [-0.2, 0) is 19.2 Å². The van der Waals surface area contributed by atoms with Gasteiger partial charge in [0.05, 0.1) is 13.4 Å². The highest BCUT2D eigenvalue weighted by Crippen LogP contribution is 2.26. The maximum Gasteiger partial charge on any atom is 0.339 e. The topological polar surface area (TPSA) is 98.1 Å². The number of aromatic nitrogens is 1. The van der Waals surface area contributed by atoms with Gasteiger partial charge in [0.15, 0.2) is 0 Å². The second kappa shape index (κ2) is 8.79. The molecule has 0 atom stereocenters. The number of pyridine rings is 1. The lowest BCUT2D eigenvalue weighted by atomic mass is 9.92. The van der Waals surface area contributed by atoms with Gasteiger partial charge in [-0.2, -0.15) is 0 Å². The number of hydrogen-bond acceptors (Lipinski definition) is 6. The number of rotatable bonds is 6.